The summed E-state index contributed by atoms with van der Waals surface area (Å²) in [4.78, 5) is 17.5. The van der Waals surface area contributed by atoms with Crippen LogP contribution in [0.2, 0.25) is 0 Å². The zero-order chi connectivity index (χ0) is 14.3. The van der Waals surface area contributed by atoms with Gasteiger partial charge in [-0.15, -0.1) is 0 Å². The first kappa shape index (κ1) is 14.5. The molecule has 114 valence electrons. The van der Waals surface area contributed by atoms with Gasteiger partial charge in [0.15, 0.2) is 0 Å². The molecule has 3 fully saturated rings. The minimum absolute atomic E-state index is 0.286. The quantitative estimate of drug-likeness (QED) is 0.775. The molecular weight excluding hydrogens is 248 g/mol. The van der Waals surface area contributed by atoms with Gasteiger partial charge in [-0.05, 0) is 44.6 Å². The molecule has 3 atom stereocenters. The van der Waals surface area contributed by atoms with Crippen molar-refractivity contribution in [1.29, 1.82) is 0 Å². The van der Waals surface area contributed by atoms with Gasteiger partial charge in [-0.3, -0.25) is 14.6 Å². The minimum Gasteiger partial charge on any atom is -0.299 e. The van der Waals surface area contributed by atoms with Crippen LogP contribution in [0.4, 0.5) is 0 Å². The predicted octanol–water partition coefficient (Wildman–Crippen LogP) is 2.55. The Labute approximate surface area is 123 Å². The Morgan fingerprint density at radius 2 is 2.10 bits per heavy atom. The Morgan fingerprint density at radius 1 is 1.30 bits per heavy atom. The maximum Gasteiger partial charge on any atom is 0.137 e. The number of ketones is 1. The summed E-state index contributed by atoms with van der Waals surface area (Å²) >= 11 is 0. The Hall–Kier alpha value is -0.410. The van der Waals surface area contributed by atoms with E-state index in [-0.39, 0.29) is 5.92 Å². The van der Waals surface area contributed by atoms with Crippen LogP contribution in [0, 0.1) is 11.3 Å². The van der Waals surface area contributed by atoms with Crippen molar-refractivity contribution >= 4 is 5.78 Å². The number of hydrogen-bond acceptors (Lipinski definition) is 3. The summed E-state index contributed by atoms with van der Waals surface area (Å²) < 4.78 is 0. The summed E-state index contributed by atoms with van der Waals surface area (Å²) in [6.45, 7) is 11.7. The number of carbonyl (C=O) groups excluding carboxylic acids is 1. The number of rotatable bonds is 2. The second kappa shape index (κ2) is 5.42. The van der Waals surface area contributed by atoms with Crippen LogP contribution in [0.5, 0.6) is 0 Å². The first-order chi connectivity index (χ1) is 9.44. The van der Waals surface area contributed by atoms with Gasteiger partial charge in [-0.1, -0.05) is 13.8 Å². The molecule has 0 aromatic heterocycles. The van der Waals surface area contributed by atoms with Crippen LogP contribution < -0.4 is 0 Å². The van der Waals surface area contributed by atoms with Gasteiger partial charge in [0.2, 0.25) is 0 Å². The van der Waals surface area contributed by atoms with E-state index in [4.69, 9.17) is 0 Å². The van der Waals surface area contributed by atoms with Crippen LogP contribution in [0.1, 0.15) is 52.9 Å². The zero-order valence-corrected chi connectivity index (χ0v) is 13.4. The highest BCUT2D eigenvalue weighted by molar-refractivity contribution is 5.82. The summed E-state index contributed by atoms with van der Waals surface area (Å²) in [5, 5.41) is 0. The van der Waals surface area contributed by atoms with E-state index in [2.05, 4.69) is 30.6 Å². The lowest BCUT2D eigenvalue weighted by Crippen LogP contribution is -2.56. The average molecular weight is 278 g/mol. The van der Waals surface area contributed by atoms with Crippen LogP contribution >= 0.6 is 0 Å². The molecule has 0 aromatic rings. The van der Waals surface area contributed by atoms with Crippen molar-refractivity contribution in [2.45, 2.75) is 65.0 Å². The van der Waals surface area contributed by atoms with E-state index >= 15 is 0 Å². The third-order valence-corrected chi connectivity index (χ3v) is 5.82. The molecule has 2 saturated heterocycles. The molecule has 3 rings (SSSR count). The first-order valence-corrected chi connectivity index (χ1v) is 8.45. The summed E-state index contributed by atoms with van der Waals surface area (Å²) in [5.41, 5.74) is 0.358. The third-order valence-electron chi connectivity index (χ3n) is 5.82. The molecule has 0 aromatic carbocycles. The molecule has 1 aliphatic carbocycles. The van der Waals surface area contributed by atoms with Crippen molar-refractivity contribution < 1.29 is 4.79 Å². The molecule has 20 heavy (non-hydrogen) atoms. The molecule has 1 saturated carbocycles. The lowest BCUT2D eigenvalue weighted by molar-refractivity contribution is -0.128. The molecule has 0 bridgehead atoms. The van der Waals surface area contributed by atoms with Crippen molar-refractivity contribution in [3.05, 3.63) is 0 Å². The van der Waals surface area contributed by atoms with Crippen molar-refractivity contribution in [1.82, 2.24) is 9.80 Å². The molecule has 0 N–H and O–H groups in total. The summed E-state index contributed by atoms with van der Waals surface area (Å²) in [6, 6.07) is 1.38. The number of piperazine rings is 1. The fourth-order valence-electron chi connectivity index (χ4n) is 4.50. The van der Waals surface area contributed by atoms with E-state index in [1.807, 2.05) is 0 Å². The lowest BCUT2D eigenvalue weighted by Gasteiger charge is -2.45. The second-order valence-corrected chi connectivity index (χ2v) is 8.13. The maximum atomic E-state index is 12.3. The Bertz CT molecular complexity index is 379. The molecule has 3 heteroatoms. The van der Waals surface area contributed by atoms with Gasteiger partial charge in [0, 0.05) is 44.1 Å². The van der Waals surface area contributed by atoms with Crippen LogP contribution in [0.25, 0.3) is 0 Å². The number of hydrogen-bond donors (Lipinski definition) is 0. The Kier molecular flexibility index (Phi) is 3.93. The third kappa shape index (κ3) is 2.94. The highest BCUT2D eigenvalue weighted by atomic mass is 16.1. The molecule has 3 aliphatic rings. The van der Waals surface area contributed by atoms with Gasteiger partial charge < -0.3 is 0 Å². The molecular formula is C17H30N2O. The molecule has 3 nitrogen and oxygen atoms in total. The van der Waals surface area contributed by atoms with Gasteiger partial charge in [0.05, 0.1) is 0 Å². The van der Waals surface area contributed by atoms with E-state index in [9.17, 15) is 4.79 Å². The van der Waals surface area contributed by atoms with E-state index in [1.165, 1.54) is 32.5 Å². The SMILES string of the molecule is CC1CN2CCCC2CN1CC1CC(C)(C)CCC1=O. The standard InChI is InChI=1S/C17H30N2O/c1-13-10-18-8-4-5-15(18)12-19(13)11-14-9-17(2,3)7-6-16(14)20/h13-15H,4-12H2,1-3H3. The average Bonchev–Trinajstić information content (AvgIpc) is 2.81. The van der Waals surface area contributed by atoms with Crippen molar-refractivity contribution in [3.63, 3.8) is 0 Å². The van der Waals surface area contributed by atoms with Crippen molar-refractivity contribution in [2.75, 3.05) is 26.2 Å². The number of Topliss-reactive ketones (excluding diaryl/α,β-unsaturated/α-hetero) is 1. The Balaban J connectivity index is 1.62. The summed E-state index contributed by atoms with van der Waals surface area (Å²) in [6.07, 6.45) is 5.68. The van der Waals surface area contributed by atoms with Gasteiger partial charge in [0.25, 0.3) is 0 Å². The van der Waals surface area contributed by atoms with Gasteiger partial charge in [-0.2, -0.15) is 0 Å². The number of nitrogens with zero attached hydrogens (tertiary/aromatic N) is 2. The highest BCUT2D eigenvalue weighted by Crippen LogP contribution is 2.37. The van der Waals surface area contributed by atoms with Crippen molar-refractivity contribution in [2.24, 2.45) is 11.3 Å². The van der Waals surface area contributed by atoms with Gasteiger partial charge in [0.1, 0.15) is 5.78 Å². The van der Waals surface area contributed by atoms with E-state index in [1.54, 1.807) is 0 Å². The first-order valence-electron chi connectivity index (χ1n) is 8.45. The van der Waals surface area contributed by atoms with E-state index in [0.29, 0.717) is 17.2 Å². The van der Waals surface area contributed by atoms with Crippen LogP contribution in [-0.4, -0.2) is 53.8 Å². The minimum atomic E-state index is 0.286. The molecule has 0 amide bonds. The molecule has 0 radical (unpaired) electrons. The lowest BCUT2D eigenvalue weighted by atomic mass is 9.71. The van der Waals surface area contributed by atoms with Crippen LogP contribution in [0.15, 0.2) is 0 Å². The van der Waals surface area contributed by atoms with Crippen LogP contribution in [0.3, 0.4) is 0 Å². The highest BCUT2D eigenvalue weighted by Gasteiger charge is 2.39. The topological polar surface area (TPSA) is 23.6 Å². The van der Waals surface area contributed by atoms with E-state index in [0.717, 1.165) is 31.8 Å². The van der Waals surface area contributed by atoms with Crippen molar-refractivity contribution in [3.8, 4) is 0 Å². The predicted molar refractivity (Wildman–Crippen MR) is 81.8 cm³/mol. The second-order valence-electron chi connectivity index (χ2n) is 8.13. The molecule has 3 unspecified atom stereocenters. The Morgan fingerprint density at radius 3 is 2.90 bits per heavy atom. The molecule has 2 aliphatic heterocycles. The number of fused-ring (bicyclic) bond motifs is 1. The van der Waals surface area contributed by atoms with E-state index < -0.39 is 0 Å². The summed E-state index contributed by atoms with van der Waals surface area (Å²) in [7, 11) is 0. The largest absolute Gasteiger partial charge is 0.299 e. The molecule has 0 spiro atoms. The normalized spacial score (nSPS) is 39.0. The maximum absolute atomic E-state index is 12.3. The fourth-order valence-corrected chi connectivity index (χ4v) is 4.50. The van der Waals surface area contributed by atoms with Gasteiger partial charge >= 0.3 is 0 Å². The smallest absolute Gasteiger partial charge is 0.137 e. The monoisotopic (exact) mass is 278 g/mol. The zero-order valence-electron chi connectivity index (χ0n) is 13.4. The van der Waals surface area contributed by atoms with Gasteiger partial charge in [-0.25, -0.2) is 0 Å². The summed E-state index contributed by atoms with van der Waals surface area (Å²) in [5.74, 6) is 0.805. The number of carbonyl (C=O) groups is 1. The molecule has 2 heterocycles. The van der Waals surface area contributed by atoms with Crippen LogP contribution in [-0.2, 0) is 4.79 Å². The fraction of sp³-hybridized carbons (Fsp3) is 0.941.